The number of benzene rings is 1. The van der Waals surface area contributed by atoms with Crippen LogP contribution in [0.25, 0.3) is 17.6 Å². The Labute approximate surface area is 214 Å². The third kappa shape index (κ3) is 5.63. The topological polar surface area (TPSA) is 141 Å². The van der Waals surface area contributed by atoms with Gasteiger partial charge >= 0.3 is 24.5 Å². The summed E-state index contributed by atoms with van der Waals surface area (Å²) in [4.78, 5) is 54.8. The van der Waals surface area contributed by atoms with Crippen molar-refractivity contribution in [3.8, 4) is 11.4 Å². The number of aromatic nitrogens is 3. The number of alkyl halides is 6. The van der Waals surface area contributed by atoms with Crippen molar-refractivity contribution in [2.24, 2.45) is 0 Å². The highest BCUT2D eigenvalue weighted by molar-refractivity contribution is 6.14. The normalized spacial score (nSPS) is 17.7. The maximum atomic E-state index is 13.2. The van der Waals surface area contributed by atoms with Crippen LogP contribution >= 0.6 is 0 Å². The molecule has 208 valence electrons. The molecule has 0 radical (unpaired) electrons. The van der Waals surface area contributed by atoms with Crippen LogP contribution in [-0.4, -0.2) is 91.2 Å². The monoisotopic (exact) mass is 561 g/mol. The molecule has 2 saturated heterocycles. The number of carboxylic acid groups (broad SMARTS) is 1. The van der Waals surface area contributed by atoms with E-state index < -0.39 is 71.4 Å². The minimum Gasteiger partial charge on any atom is -0.465 e. The molecule has 39 heavy (non-hydrogen) atoms. The average Bonchev–Trinajstić information content (AvgIpc) is 3.35. The van der Waals surface area contributed by atoms with Gasteiger partial charge in [0.1, 0.15) is 18.6 Å². The van der Waals surface area contributed by atoms with Gasteiger partial charge < -0.3 is 15.3 Å². The van der Waals surface area contributed by atoms with E-state index in [9.17, 15) is 45.5 Å². The molecule has 2 aliphatic rings. The molecule has 12 nitrogen and oxygen atoms in total. The van der Waals surface area contributed by atoms with Crippen LogP contribution < -0.4 is 5.32 Å². The fourth-order valence-corrected chi connectivity index (χ4v) is 3.80. The van der Waals surface area contributed by atoms with Crippen molar-refractivity contribution in [3.63, 3.8) is 0 Å². The Bertz CT molecular complexity index is 1350. The molecule has 0 bridgehead atoms. The molecule has 18 heteroatoms. The van der Waals surface area contributed by atoms with Gasteiger partial charge in [0.05, 0.1) is 23.4 Å². The van der Waals surface area contributed by atoms with E-state index in [1.165, 1.54) is 11.9 Å². The van der Waals surface area contributed by atoms with Crippen LogP contribution in [0.15, 0.2) is 30.2 Å². The van der Waals surface area contributed by atoms with Crippen molar-refractivity contribution in [1.82, 2.24) is 34.8 Å². The van der Waals surface area contributed by atoms with Gasteiger partial charge in [0.15, 0.2) is 5.82 Å². The van der Waals surface area contributed by atoms with Crippen LogP contribution in [0.4, 0.5) is 35.9 Å². The molecule has 4 rings (SSSR count). The highest BCUT2D eigenvalue weighted by atomic mass is 19.4. The van der Waals surface area contributed by atoms with E-state index >= 15 is 0 Å². The van der Waals surface area contributed by atoms with Crippen LogP contribution in [0.1, 0.15) is 11.1 Å². The fraction of sp³-hybridized carbons (Fsp3) is 0.333. The first kappa shape index (κ1) is 27.4. The second-order valence-corrected chi connectivity index (χ2v) is 8.54. The zero-order valence-electron chi connectivity index (χ0n) is 19.6. The van der Waals surface area contributed by atoms with E-state index in [2.05, 4.69) is 15.4 Å². The van der Waals surface area contributed by atoms with Crippen LogP contribution in [0.3, 0.4) is 0 Å². The number of imide groups is 1. The lowest BCUT2D eigenvalue weighted by atomic mass is 10.0. The van der Waals surface area contributed by atoms with Crippen molar-refractivity contribution in [2.45, 2.75) is 18.4 Å². The molecule has 2 aliphatic heterocycles. The van der Waals surface area contributed by atoms with Crippen LogP contribution in [0.2, 0.25) is 0 Å². The lowest BCUT2D eigenvalue weighted by molar-refractivity contribution is -0.143. The number of hydrogen-bond acceptors (Lipinski definition) is 6. The molecule has 0 unspecified atom stereocenters. The maximum absolute atomic E-state index is 13.2. The number of likely N-dealkylation sites (N-methyl/N-ethyl adjacent to an activating group) is 1. The first-order valence-electron chi connectivity index (χ1n) is 10.8. The summed E-state index contributed by atoms with van der Waals surface area (Å²) in [6, 6.07) is -0.525. The molecular formula is C21H17F6N7O5. The van der Waals surface area contributed by atoms with E-state index in [4.69, 9.17) is 5.11 Å². The fourth-order valence-electron chi connectivity index (χ4n) is 3.80. The molecular weight excluding hydrogens is 544 g/mol. The summed E-state index contributed by atoms with van der Waals surface area (Å²) in [6.45, 7) is -0.549. The summed E-state index contributed by atoms with van der Waals surface area (Å²) in [5.74, 6) is -2.06. The Morgan fingerprint density at radius 1 is 1.08 bits per heavy atom. The molecule has 2 aromatic rings. The Kier molecular flexibility index (Phi) is 6.74. The standard InChI is InChI=1S/C21H17F6N7O5/c1-31-14(17(36)34(19(31)39)8-15(35)32-5-13(6-32)29-18(37)38)7-33-9-28-16(30-33)10-2-11(20(22,23)24)4-12(3-10)21(25,26)27/h2-4,7,9,13,29H,5-6,8H2,1H3,(H,37,38)/b14-7-. The minimum atomic E-state index is -5.08. The Morgan fingerprint density at radius 3 is 2.21 bits per heavy atom. The predicted molar refractivity (Wildman–Crippen MR) is 116 cm³/mol. The van der Waals surface area contributed by atoms with E-state index in [1.807, 2.05) is 0 Å². The number of urea groups is 1. The first-order chi connectivity index (χ1) is 18.0. The number of carbonyl (C=O) groups is 4. The van der Waals surface area contributed by atoms with E-state index in [1.54, 1.807) is 0 Å². The van der Waals surface area contributed by atoms with Gasteiger partial charge in [-0.3, -0.25) is 14.5 Å². The summed E-state index contributed by atoms with van der Waals surface area (Å²) in [5.41, 5.74) is -4.02. The lowest BCUT2D eigenvalue weighted by Crippen LogP contribution is -2.62. The first-order valence-corrected chi connectivity index (χ1v) is 10.8. The number of rotatable bonds is 5. The molecule has 0 spiro atoms. The molecule has 2 fully saturated rings. The summed E-state index contributed by atoms with van der Waals surface area (Å²) in [6.07, 6.45) is -9.55. The Morgan fingerprint density at radius 2 is 1.67 bits per heavy atom. The molecule has 1 aromatic heterocycles. The smallest absolute Gasteiger partial charge is 0.416 e. The molecule has 2 N–H and O–H groups in total. The van der Waals surface area contributed by atoms with Gasteiger partial charge in [0, 0.05) is 25.7 Å². The highest BCUT2D eigenvalue weighted by Gasteiger charge is 2.42. The van der Waals surface area contributed by atoms with Gasteiger partial charge in [0.2, 0.25) is 5.91 Å². The molecule has 0 saturated carbocycles. The Balaban J connectivity index is 1.53. The number of carbonyl (C=O) groups excluding carboxylic acids is 3. The molecule has 1 aromatic carbocycles. The molecule has 5 amide bonds. The van der Waals surface area contributed by atoms with Crippen molar-refractivity contribution >= 4 is 30.1 Å². The van der Waals surface area contributed by atoms with Gasteiger partial charge in [0.25, 0.3) is 5.91 Å². The van der Waals surface area contributed by atoms with Crippen molar-refractivity contribution < 1.29 is 50.6 Å². The summed E-state index contributed by atoms with van der Waals surface area (Å²) in [7, 11) is 1.20. The third-order valence-corrected chi connectivity index (χ3v) is 5.81. The maximum Gasteiger partial charge on any atom is 0.416 e. The molecule has 3 heterocycles. The summed E-state index contributed by atoms with van der Waals surface area (Å²) >= 11 is 0. The van der Waals surface area contributed by atoms with Gasteiger partial charge in [-0.1, -0.05) is 0 Å². The average molecular weight is 561 g/mol. The number of hydrogen-bond donors (Lipinski definition) is 2. The molecule has 0 aliphatic carbocycles. The van der Waals surface area contributed by atoms with Crippen molar-refractivity contribution in [3.05, 3.63) is 41.4 Å². The largest absolute Gasteiger partial charge is 0.465 e. The number of amides is 5. The summed E-state index contributed by atoms with van der Waals surface area (Å²) < 4.78 is 79.8. The van der Waals surface area contributed by atoms with E-state index in [0.29, 0.717) is 17.0 Å². The molecule has 0 atom stereocenters. The highest BCUT2D eigenvalue weighted by Crippen LogP contribution is 2.38. The van der Waals surface area contributed by atoms with Crippen molar-refractivity contribution in [1.29, 1.82) is 0 Å². The van der Waals surface area contributed by atoms with E-state index in [0.717, 1.165) is 22.1 Å². The van der Waals surface area contributed by atoms with Crippen LogP contribution in [-0.2, 0) is 21.9 Å². The summed E-state index contributed by atoms with van der Waals surface area (Å²) in [5, 5.41) is 14.7. The zero-order chi connectivity index (χ0) is 28.9. The third-order valence-electron chi connectivity index (χ3n) is 5.81. The van der Waals surface area contributed by atoms with Crippen LogP contribution in [0.5, 0.6) is 0 Å². The number of likely N-dealkylation sites (tertiary alicyclic amines) is 1. The van der Waals surface area contributed by atoms with Crippen molar-refractivity contribution in [2.75, 3.05) is 26.7 Å². The quantitative estimate of drug-likeness (QED) is 0.324. The number of halogens is 6. The van der Waals surface area contributed by atoms with Gasteiger partial charge in [-0.15, -0.1) is 5.10 Å². The van der Waals surface area contributed by atoms with E-state index in [-0.39, 0.29) is 24.9 Å². The lowest BCUT2D eigenvalue weighted by Gasteiger charge is -2.39. The second kappa shape index (κ2) is 9.59. The van der Waals surface area contributed by atoms with Gasteiger partial charge in [-0.05, 0) is 18.2 Å². The predicted octanol–water partition coefficient (Wildman–Crippen LogP) is 2.15. The second-order valence-electron chi connectivity index (χ2n) is 8.54. The number of nitrogens with one attached hydrogen (secondary N) is 1. The van der Waals surface area contributed by atoms with Gasteiger partial charge in [-0.2, -0.15) is 26.3 Å². The Hall–Kier alpha value is -4.64. The SMILES string of the molecule is CN1C(=O)N(CC(=O)N2CC(NC(=O)O)C2)C(=O)/C1=C/n1cnc(-c2cc(C(F)(F)F)cc(C(F)(F)F)c2)n1. The number of nitrogens with zero attached hydrogens (tertiary/aromatic N) is 6. The van der Waals surface area contributed by atoms with Crippen LogP contribution in [0, 0.1) is 0 Å². The zero-order valence-corrected chi connectivity index (χ0v) is 19.6. The van der Waals surface area contributed by atoms with Gasteiger partial charge in [-0.25, -0.2) is 24.2 Å². The minimum absolute atomic E-state index is 0.0425.